The van der Waals surface area contributed by atoms with E-state index < -0.39 is 12.0 Å². The van der Waals surface area contributed by atoms with Crippen LogP contribution in [0.5, 0.6) is 0 Å². The number of amides is 2. The van der Waals surface area contributed by atoms with Gasteiger partial charge in [0, 0.05) is 37.2 Å². The summed E-state index contributed by atoms with van der Waals surface area (Å²) >= 11 is 0. The van der Waals surface area contributed by atoms with Crippen LogP contribution in [0.15, 0.2) is 35.2 Å². The molecule has 2 aromatic heterocycles. The van der Waals surface area contributed by atoms with Gasteiger partial charge in [-0.3, -0.25) is 4.79 Å². The van der Waals surface area contributed by atoms with Crippen LogP contribution in [0.25, 0.3) is 11.3 Å². The molecule has 0 bridgehead atoms. The van der Waals surface area contributed by atoms with Crippen molar-refractivity contribution in [2.24, 2.45) is 5.41 Å². The van der Waals surface area contributed by atoms with Crippen molar-refractivity contribution in [3.05, 3.63) is 53.6 Å². The predicted molar refractivity (Wildman–Crippen MR) is 147 cm³/mol. The van der Waals surface area contributed by atoms with Crippen molar-refractivity contribution in [3.63, 3.8) is 0 Å². The number of anilines is 1. The molecule has 3 heterocycles. The molecule has 1 saturated heterocycles. The Balaban J connectivity index is 1.51. The molecule has 1 aromatic carbocycles. The summed E-state index contributed by atoms with van der Waals surface area (Å²) in [5, 5.41) is 16.4. The zero-order valence-electron chi connectivity index (χ0n) is 23.6. The van der Waals surface area contributed by atoms with Gasteiger partial charge < -0.3 is 24.7 Å². The van der Waals surface area contributed by atoms with Crippen molar-refractivity contribution in [1.29, 1.82) is 0 Å². The van der Waals surface area contributed by atoms with Crippen molar-refractivity contribution in [3.8, 4) is 11.3 Å². The number of aryl methyl sites for hydroxylation is 1. The molecule has 0 radical (unpaired) electrons. The molecule has 1 unspecified atom stereocenters. The van der Waals surface area contributed by atoms with Crippen LogP contribution in [-0.2, 0) is 12.0 Å². The maximum atomic E-state index is 12.6. The number of nitrogens with zero attached hydrogens (tertiary/aromatic N) is 6. The largest absolute Gasteiger partial charge is 0.465 e. The molecule has 3 aromatic rings. The lowest BCUT2D eigenvalue weighted by Crippen LogP contribution is -2.59. The first-order valence-electron chi connectivity index (χ1n) is 13.0. The summed E-state index contributed by atoms with van der Waals surface area (Å²) in [6.07, 6.45) is 2.42. The van der Waals surface area contributed by atoms with Crippen LogP contribution in [0.1, 0.15) is 69.2 Å². The Morgan fingerprint density at radius 3 is 2.51 bits per heavy atom. The van der Waals surface area contributed by atoms with E-state index in [1.807, 2.05) is 45.9 Å². The molecular formula is C28H37N7O4. The summed E-state index contributed by atoms with van der Waals surface area (Å²) < 4.78 is 5.22. The summed E-state index contributed by atoms with van der Waals surface area (Å²) in [4.78, 5) is 41.2. The summed E-state index contributed by atoms with van der Waals surface area (Å²) in [6, 6.07) is 5.80. The minimum absolute atomic E-state index is 0.0105. The number of piperazine rings is 1. The van der Waals surface area contributed by atoms with Crippen molar-refractivity contribution in [2.75, 3.05) is 24.5 Å². The lowest BCUT2D eigenvalue weighted by Gasteiger charge is -2.46. The Labute approximate surface area is 228 Å². The van der Waals surface area contributed by atoms with Gasteiger partial charge in [-0.15, -0.1) is 0 Å². The number of carboxylic acid groups (broad SMARTS) is 1. The van der Waals surface area contributed by atoms with Crippen molar-refractivity contribution in [1.82, 2.24) is 30.3 Å². The average molecular weight is 536 g/mol. The Kier molecular flexibility index (Phi) is 7.63. The molecule has 0 saturated carbocycles. The molecule has 1 atom stereocenters. The van der Waals surface area contributed by atoms with Crippen LogP contribution in [0.2, 0.25) is 0 Å². The summed E-state index contributed by atoms with van der Waals surface area (Å²) in [6.45, 7) is 15.8. The smallest absolute Gasteiger partial charge is 0.407 e. The van der Waals surface area contributed by atoms with Gasteiger partial charge in [0.1, 0.15) is 6.33 Å². The van der Waals surface area contributed by atoms with Gasteiger partial charge in [0.25, 0.3) is 11.7 Å². The summed E-state index contributed by atoms with van der Waals surface area (Å²) in [5.41, 5.74) is 3.93. The Hall–Kier alpha value is -4.02. The molecule has 4 rings (SSSR count). The molecular weight excluding hydrogens is 498 g/mol. The third-order valence-corrected chi connectivity index (χ3v) is 6.99. The lowest BCUT2D eigenvalue weighted by atomic mass is 9.84. The van der Waals surface area contributed by atoms with Crippen molar-refractivity contribution < 1.29 is 19.2 Å². The van der Waals surface area contributed by atoms with Crippen LogP contribution >= 0.6 is 0 Å². The van der Waals surface area contributed by atoms with E-state index in [-0.39, 0.29) is 22.7 Å². The molecule has 0 aliphatic carbocycles. The van der Waals surface area contributed by atoms with Gasteiger partial charge in [0.15, 0.2) is 0 Å². The van der Waals surface area contributed by atoms with Crippen LogP contribution in [0.4, 0.5) is 10.5 Å². The Bertz CT molecular complexity index is 1360. The van der Waals surface area contributed by atoms with Gasteiger partial charge in [-0.05, 0) is 29.5 Å². The van der Waals surface area contributed by atoms with E-state index in [2.05, 4.69) is 51.1 Å². The van der Waals surface area contributed by atoms with Gasteiger partial charge >= 0.3 is 6.09 Å². The highest BCUT2D eigenvalue weighted by atomic mass is 16.5. The van der Waals surface area contributed by atoms with Crippen LogP contribution in [-0.4, -0.2) is 67.8 Å². The van der Waals surface area contributed by atoms with Gasteiger partial charge in [0.05, 0.1) is 23.6 Å². The first-order valence-corrected chi connectivity index (χ1v) is 13.0. The van der Waals surface area contributed by atoms with E-state index >= 15 is 0 Å². The normalized spacial score (nSPS) is 16.3. The second-order valence-corrected chi connectivity index (χ2v) is 12.1. The van der Waals surface area contributed by atoms with Crippen LogP contribution < -0.4 is 10.2 Å². The molecule has 11 heteroatoms. The first-order chi connectivity index (χ1) is 18.3. The number of rotatable bonds is 5. The van der Waals surface area contributed by atoms with Gasteiger partial charge in [0.2, 0.25) is 5.89 Å². The monoisotopic (exact) mass is 535 g/mol. The second kappa shape index (κ2) is 10.6. The summed E-state index contributed by atoms with van der Waals surface area (Å²) in [5.74, 6) is 0.0214. The molecule has 2 amide bonds. The van der Waals surface area contributed by atoms with Crippen molar-refractivity contribution >= 4 is 17.7 Å². The highest BCUT2D eigenvalue weighted by molar-refractivity contribution is 5.90. The van der Waals surface area contributed by atoms with Crippen molar-refractivity contribution in [2.45, 2.75) is 66.5 Å². The van der Waals surface area contributed by atoms with E-state index in [1.54, 1.807) is 6.20 Å². The number of nitrogens with one attached hydrogen (secondary N) is 1. The molecule has 39 heavy (non-hydrogen) atoms. The standard InChI is InChI=1S/C28H37N7O4/c1-17-12-18(8-9-19(17)13-30-24(36)23-32-25(39-33-23)28(5,6)7)22-20(14-29-16-31-22)34-10-11-35(26(37)38)21(15-34)27(2,3)4/h8-9,12,14,16,21H,10-11,13,15H2,1-7H3,(H,30,36)(H,37,38). The second-order valence-electron chi connectivity index (χ2n) is 12.1. The van der Waals surface area contributed by atoms with Crippen LogP contribution in [0.3, 0.4) is 0 Å². The third-order valence-electron chi connectivity index (χ3n) is 6.99. The predicted octanol–water partition coefficient (Wildman–Crippen LogP) is 4.28. The van der Waals surface area contributed by atoms with Gasteiger partial charge in [-0.25, -0.2) is 14.8 Å². The van der Waals surface area contributed by atoms with E-state index in [9.17, 15) is 14.7 Å². The third kappa shape index (κ3) is 6.18. The highest BCUT2D eigenvalue weighted by Gasteiger charge is 2.38. The molecule has 11 nitrogen and oxygen atoms in total. The first kappa shape index (κ1) is 28.0. The van der Waals surface area contributed by atoms with E-state index in [1.165, 1.54) is 11.2 Å². The zero-order valence-corrected chi connectivity index (χ0v) is 23.6. The van der Waals surface area contributed by atoms with E-state index in [0.29, 0.717) is 32.1 Å². The number of hydrogen-bond donors (Lipinski definition) is 2. The SMILES string of the molecule is Cc1cc(-c2ncncc2N2CCN(C(=O)O)C(C(C)(C)C)C2)ccc1CNC(=O)c1noc(C(C)(C)C)n1. The fraction of sp³-hybridized carbons (Fsp3) is 0.500. The fourth-order valence-corrected chi connectivity index (χ4v) is 4.66. The number of carbonyl (C=O) groups is 2. The number of benzene rings is 1. The van der Waals surface area contributed by atoms with Gasteiger partial charge in [-0.2, -0.15) is 4.98 Å². The zero-order chi connectivity index (χ0) is 28.5. The molecule has 208 valence electrons. The van der Waals surface area contributed by atoms with E-state index in [0.717, 1.165) is 28.1 Å². The molecule has 1 aliphatic rings. The molecule has 1 fully saturated rings. The Morgan fingerprint density at radius 1 is 1.15 bits per heavy atom. The minimum Gasteiger partial charge on any atom is -0.465 e. The number of carbonyl (C=O) groups excluding carboxylic acids is 1. The lowest BCUT2D eigenvalue weighted by molar-refractivity contribution is 0.0748. The number of aromatic nitrogens is 4. The minimum atomic E-state index is -0.897. The number of hydrogen-bond acceptors (Lipinski definition) is 8. The fourth-order valence-electron chi connectivity index (χ4n) is 4.66. The van der Waals surface area contributed by atoms with E-state index in [4.69, 9.17) is 4.52 Å². The molecule has 2 N–H and O–H groups in total. The average Bonchev–Trinajstić information content (AvgIpc) is 3.38. The summed E-state index contributed by atoms with van der Waals surface area (Å²) in [7, 11) is 0. The maximum Gasteiger partial charge on any atom is 0.407 e. The van der Waals surface area contributed by atoms with Crippen LogP contribution in [0, 0.1) is 12.3 Å². The Morgan fingerprint density at radius 2 is 1.90 bits per heavy atom. The quantitative estimate of drug-likeness (QED) is 0.490. The van der Waals surface area contributed by atoms with Gasteiger partial charge in [-0.1, -0.05) is 58.8 Å². The molecule has 1 aliphatic heterocycles. The topological polar surface area (TPSA) is 138 Å². The maximum absolute atomic E-state index is 12.6. The molecule has 0 spiro atoms. The highest BCUT2D eigenvalue weighted by Crippen LogP contribution is 2.34.